The van der Waals surface area contributed by atoms with Crippen molar-refractivity contribution in [3.8, 4) is 16.9 Å². The number of carbonyl (C=O) groups is 1. The molecule has 1 saturated heterocycles. The van der Waals surface area contributed by atoms with E-state index in [0.717, 1.165) is 52.5 Å². The lowest BCUT2D eigenvalue weighted by molar-refractivity contribution is -0.129. The predicted octanol–water partition coefficient (Wildman–Crippen LogP) is 5.41. The molecule has 6 heteroatoms. The maximum Gasteiger partial charge on any atom is 0.233 e. The molecule has 1 amide bonds. The summed E-state index contributed by atoms with van der Waals surface area (Å²) in [5.74, 6) is 0.626. The van der Waals surface area contributed by atoms with Crippen molar-refractivity contribution in [2.45, 2.75) is 24.4 Å². The topological polar surface area (TPSA) is 38.1 Å². The van der Waals surface area contributed by atoms with Gasteiger partial charge in [0, 0.05) is 28.8 Å². The largest absolute Gasteiger partial charge is 0.342 e. The molecule has 4 nitrogen and oxygen atoms in total. The first kappa shape index (κ1) is 19.3. The molecule has 0 N–H and O–H groups in total. The van der Waals surface area contributed by atoms with Crippen molar-refractivity contribution in [2.24, 2.45) is 0 Å². The SMILES string of the molecule is O=C(CSc1ncc(-c2ccc(Br)cc2)n1-c1ccccc1)N1CCCCC1. The van der Waals surface area contributed by atoms with Crippen LogP contribution in [0.5, 0.6) is 0 Å². The van der Waals surface area contributed by atoms with Crippen molar-refractivity contribution >= 4 is 33.6 Å². The Labute approximate surface area is 178 Å². The number of amides is 1. The van der Waals surface area contributed by atoms with Crippen LogP contribution in [0.3, 0.4) is 0 Å². The van der Waals surface area contributed by atoms with Crippen molar-refractivity contribution in [3.05, 3.63) is 65.3 Å². The van der Waals surface area contributed by atoms with Gasteiger partial charge >= 0.3 is 0 Å². The van der Waals surface area contributed by atoms with Gasteiger partial charge in [0.05, 0.1) is 17.6 Å². The first-order chi connectivity index (χ1) is 13.7. The van der Waals surface area contributed by atoms with E-state index in [9.17, 15) is 4.79 Å². The van der Waals surface area contributed by atoms with E-state index < -0.39 is 0 Å². The third kappa shape index (κ3) is 4.33. The van der Waals surface area contributed by atoms with E-state index in [1.165, 1.54) is 18.2 Å². The van der Waals surface area contributed by atoms with E-state index in [1.54, 1.807) is 0 Å². The van der Waals surface area contributed by atoms with Gasteiger partial charge in [-0.2, -0.15) is 0 Å². The second kappa shape index (κ2) is 8.97. The van der Waals surface area contributed by atoms with Crippen molar-refractivity contribution in [1.82, 2.24) is 14.5 Å². The van der Waals surface area contributed by atoms with Crippen LogP contribution < -0.4 is 0 Å². The minimum absolute atomic E-state index is 0.206. The molecule has 0 atom stereocenters. The Bertz CT molecular complexity index is 934. The number of likely N-dealkylation sites (tertiary alicyclic amines) is 1. The Morgan fingerprint density at radius 3 is 2.43 bits per heavy atom. The first-order valence-corrected chi connectivity index (χ1v) is 11.3. The van der Waals surface area contributed by atoms with Crippen LogP contribution in [0.25, 0.3) is 16.9 Å². The number of para-hydroxylation sites is 1. The van der Waals surface area contributed by atoms with Crippen LogP contribution in [0.15, 0.2) is 70.4 Å². The Balaban J connectivity index is 1.62. The molecule has 2 aromatic carbocycles. The fourth-order valence-electron chi connectivity index (χ4n) is 3.45. The zero-order chi connectivity index (χ0) is 19.3. The van der Waals surface area contributed by atoms with Crippen molar-refractivity contribution in [1.29, 1.82) is 0 Å². The summed E-state index contributed by atoms with van der Waals surface area (Å²) in [6.07, 6.45) is 5.35. The number of nitrogens with zero attached hydrogens (tertiary/aromatic N) is 3. The first-order valence-electron chi connectivity index (χ1n) is 9.52. The van der Waals surface area contributed by atoms with E-state index >= 15 is 0 Å². The third-order valence-corrected chi connectivity index (χ3v) is 6.38. The van der Waals surface area contributed by atoms with E-state index in [4.69, 9.17) is 0 Å². The monoisotopic (exact) mass is 455 g/mol. The van der Waals surface area contributed by atoms with Crippen LogP contribution in [0.2, 0.25) is 0 Å². The van der Waals surface area contributed by atoms with Crippen molar-refractivity contribution in [2.75, 3.05) is 18.8 Å². The van der Waals surface area contributed by atoms with Gasteiger partial charge in [-0.3, -0.25) is 9.36 Å². The Morgan fingerprint density at radius 1 is 1.00 bits per heavy atom. The summed E-state index contributed by atoms with van der Waals surface area (Å²) < 4.78 is 3.18. The number of hydrogen-bond donors (Lipinski definition) is 0. The lowest BCUT2D eigenvalue weighted by atomic mass is 10.1. The molecule has 0 unspecified atom stereocenters. The normalized spacial score (nSPS) is 14.2. The van der Waals surface area contributed by atoms with Crippen LogP contribution in [-0.2, 0) is 4.79 Å². The molecular formula is C22H22BrN3OS. The van der Waals surface area contributed by atoms with Gasteiger partial charge in [-0.05, 0) is 43.5 Å². The van der Waals surface area contributed by atoms with Gasteiger partial charge in [-0.15, -0.1) is 0 Å². The highest BCUT2D eigenvalue weighted by Gasteiger charge is 2.19. The van der Waals surface area contributed by atoms with E-state index in [2.05, 4.69) is 49.7 Å². The zero-order valence-electron chi connectivity index (χ0n) is 15.6. The van der Waals surface area contributed by atoms with Crippen LogP contribution in [0.1, 0.15) is 19.3 Å². The van der Waals surface area contributed by atoms with Crippen LogP contribution in [0, 0.1) is 0 Å². The summed E-state index contributed by atoms with van der Waals surface area (Å²) in [7, 11) is 0. The molecule has 2 heterocycles. The zero-order valence-corrected chi connectivity index (χ0v) is 18.0. The van der Waals surface area contributed by atoms with Gasteiger partial charge in [-0.1, -0.05) is 58.0 Å². The maximum atomic E-state index is 12.6. The Morgan fingerprint density at radius 2 is 1.71 bits per heavy atom. The maximum absolute atomic E-state index is 12.6. The standard InChI is InChI=1S/C22H22BrN3OS/c23-18-11-9-17(10-12-18)20-15-24-22(26(20)19-7-3-1-4-8-19)28-16-21(27)25-13-5-2-6-14-25/h1,3-4,7-12,15H,2,5-6,13-14,16H2. The predicted molar refractivity (Wildman–Crippen MR) is 118 cm³/mol. The molecule has 0 aliphatic carbocycles. The number of thioether (sulfide) groups is 1. The number of halogens is 1. The number of rotatable bonds is 5. The van der Waals surface area contributed by atoms with Gasteiger partial charge in [-0.25, -0.2) is 4.98 Å². The Kier molecular flexibility index (Phi) is 6.17. The molecule has 1 aliphatic heterocycles. The van der Waals surface area contributed by atoms with E-state index in [-0.39, 0.29) is 5.91 Å². The van der Waals surface area contributed by atoms with E-state index in [1.807, 2.05) is 41.4 Å². The van der Waals surface area contributed by atoms with Crippen molar-refractivity contribution < 1.29 is 4.79 Å². The molecule has 1 fully saturated rings. The van der Waals surface area contributed by atoms with Gasteiger partial charge < -0.3 is 4.90 Å². The smallest absolute Gasteiger partial charge is 0.233 e. The molecule has 0 bridgehead atoms. The lowest BCUT2D eigenvalue weighted by Gasteiger charge is -2.26. The summed E-state index contributed by atoms with van der Waals surface area (Å²) in [6, 6.07) is 18.4. The number of piperidine rings is 1. The van der Waals surface area contributed by atoms with Gasteiger partial charge in [0.15, 0.2) is 5.16 Å². The summed E-state index contributed by atoms with van der Waals surface area (Å²) in [4.78, 5) is 19.2. The van der Waals surface area contributed by atoms with Crippen LogP contribution >= 0.6 is 27.7 Å². The van der Waals surface area contributed by atoms with Crippen molar-refractivity contribution in [3.63, 3.8) is 0 Å². The fraction of sp³-hybridized carbons (Fsp3) is 0.273. The molecule has 0 radical (unpaired) electrons. The number of aromatic nitrogens is 2. The second-order valence-corrected chi connectivity index (χ2v) is 8.69. The average molecular weight is 456 g/mol. The lowest BCUT2D eigenvalue weighted by Crippen LogP contribution is -2.36. The number of benzene rings is 2. The molecule has 28 heavy (non-hydrogen) atoms. The quantitative estimate of drug-likeness (QED) is 0.482. The number of hydrogen-bond acceptors (Lipinski definition) is 3. The molecule has 1 aromatic heterocycles. The highest BCUT2D eigenvalue weighted by Crippen LogP contribution is 2.30. The average Bonchev–Trinajstić information content (AvgIpc) is 3.17. The molecular weight excluding hydrogens is 434 g/mol. The van der Waals surface area contributed by atoms with Crippen LogP contribution in [-0.4, -0.2) is 39.2 Å². The third-order valence-electron chi connectivity index (χ3n) is 4.92. The Hall–Kier alpha value is -2.05. The highest BCUT2D eigenvalue weighted by atomic mass is 79.9. The van der Waals surface area contributed by atoms with E-state index in [0.29, 0.717) is 5.75 Å². The summed E-state index contributed by atoms with van der Waals surface area (Å²) >= 11 is 5.01. The fourth-order valence-corrected chi connectivity index (χ4v) is 4.61. The molecule has 0 spiro atoms. The van der Waals surface area contributed by atoms with Gasteiger partial charge in [0.2, 0.25) is 5.91 Å². The van der Waals surface area contributed by atoms with Gasteiger partial charge in [0.25, 0.3) is 0 Å². The molecule has 4 rings (SSSR count). The molecule has 1 aliphatic rings. The van der Waals surface area contributed by atoms with Crippen LogP contribution in [0.4, 0.5) is 0 Å². The second-order valence-electron chi connectivity index (χ2n) is 6.83. The molecule has 144 valence electrons. The minimum Gasteiger partial charge on any atom is -0.342 e. The minimum atomic E-state index is 0.206. The molecule has 3 aromatic rings. The number of carbonyl (C=O) groups excluding carboxylic acids is 1. The van der Waals surface area contributed by atoms with Gasteiger partial charge in [0.1, 0.15) is 0 Å². The summed E-state index contributed by atoms with van der Waals surface area (Å²) in [5, 5.41) is 0.842. The summed E-state index contributed by atoms with van der Waals surface area (Å²) in [5.41, 5.74) is 3.16. The molecule has 0 saturated carbocycles. The summed E-state index contributed by atoms with van der Waals surface area (Å²) in [6.45, 7) is 1.77. The number of imidazole rings is 1. The highest BCUT2D eigenvalue weighted by molar-refractivity contribution is 9.10.